The molecule has 0 fully saturated rings. The third-order valence-electron chi connectivity index (χ3n) is 2.89. The number of halogens is 1. The molecule has 0 spiro atoms. The van der Waals surface area contributed by atoms with Crippen LogP contribution in [0.15, 0.2) is 27.5 Å². The van der Waals surface area contributed by atoms with E-state index < -0.39 is 0 Å². The first-order chi connectivity index (χ1) is 9.26. The van der Waals surface area contributed by atoms with E-state index in [0.29, 0.717) is 13.2 Å². The Morgan fingerprint density at radius 2 is 2.47 bits per heavy atom. The van der Waals surface area contributed by atoms with Crippen LogP contribution in [0, 0.1) is 0 Å². The van der Waals surface area contributed by atoms with Gasteiger partial charge in [-0.05, 0) is 44.7 Å². The number of nitrogens with zero attached hydrogens (tertiary/aromatic N) is 2. The Morgan fingerprint density at radius 3 is 3.11 bits per heavy atom. The number of hydrogen-bond acceptors (Lipinski definition) is 5. The van der Waals surface area contributed by atoms with E-state index in [0.717, 1.165) is 16.6 Å². The lowest BCUT2D eigenvalue weighted by Gasteiger charge is -2.18. The second-order valence-electron chi connectivity index (χ2n) is 4.15. The van der Waals surface area contributed by atoms with Crippen LogP contribution in [0.5, 0.6) is 0 Å². The number of aromatic nitrogens is 2. The molecular formula is C12H17BrN4OS. The number of methoxy groups -OCH3 is 1. The highest BCUT2D eigenvalue weighted by Crippen LogP contribution is 2.26. The third kappa shape index (κ3) is 3.64. The Kier molecular flexibility index (Phi) is 5.53. The quantitative estimate of drug-likeness (QED) is 0.596. The normalized spacial score (nSPS) is 12.8. The van der Waals surface area contributed by atoms with Gasteiger partial charge < -0.3 is 4.74 Å². The summed E-state index contributed by atoms with van der Waals surface area (Å²) in [6.07, 6.45) is 2.63. The summed E-state index contributed by atoms with van der Waals surface area (Å²) >= 11 is 5.23. The van der Waals surface area contributed by atoms with Crippen molar-refractivity contribution in [3.05, 3.63) is 38.8 Å². The largest absolute Gasteiger partial charge is 0.383 e. The van der Waals surface area contributed by atoms with Gasteiger partial charge in [-0.1, -0.05) is 0 Å². The average Bonchev–Trinajstić information content (AvgIpc) is 3.04. The van der Waals surface area contributed by atoms with Crippen LogP contribution in [-0.2, 0) is 17.7 Å². The summed E-state index contributed by atoms with van der Waals surface area (Å²) in [5, 5.41) is 8.55. The van der Waals surface area contributed by atoms with Crippen molar-refractivity contribution in [3.8, 4) is 0 Å². The fourth-order valence-corrected chi connectivity index (χ4v) is 3.21. The SMILES string of the molecule is COCCn1ncc(Br)c1C(Cc1ccsc1)NN. The predicted octanol–water partition coefficient (Wildman–Crippen LogP) is 2.10. The molecule has 0 aromatic carbocycles. The molecule has 104 valence electrons. The summed E-state index contributed by atoms with van der Waals surface area (Å²) in [6.45, 7) is 1.33. The molecule has 2 aromatic rings. The highest BCUT2D eigenvalue weighted by atomic mass is 79.9. The molecule has 2 heterocycles. The van der Waals surface area contributed by atoms with Crippen molar-refractivity contribution in [2.45, 2.75) is 19.0 Å². The van der Waals surface area contributed by atoms with Crippen LogP contribution in [0.1, 0.15) is 17.3 Å². The first-order valence-electron chi connectivity index (χ1n) is 5.93. The molecule has 0 aliphatic heterocycles. The van der Waals surface area contributed by atoms with Crippen LogP contribution in [0.25, 0.3) is 0 Å². The fourth-order valence-electron chi connectivity index (χ4n) is 1.95. The number of hydrogen-bond donors (Lipinski definition) is 2. The number of hydrazine groups is 1. The Balaban J connectivity index is 2.19. The third-order valence-corrected chi connectivity index (χ3v) is 4.23. The molecule has 7 heteroatoms. The zero-order valence-electron chi connectivity index (χ0n) is 10.7. The minimum absolute atomic E-state index is 0.0170. The lowest BCUT2D eigenvalue weighted by atomic mass is 10.1. The molecule has 0 amide bonds. The highest BCUT2D eigenvalue weighted by molar-refractivity contribution is 9.10. The summed E-state index contributed by atoms with van der Waals surface area (Å²) in [4.78, 5) is 0. The topological polar surface area (TPSA) is 65.1 Å². The summed E-state index contributed by atoms with van der Waals surface area (Å²) < 4.78 is 7.98. The predicted molar refractivity (Wildman–Crippen MR) is 79.9 cm³/mol. The number of nitrogens with two attached hydrogens (primary N) is 1. The number of ether oxygens (including phenoxy) is 1. The van der Waals surface area contributed by atoms with Gasteiger partial charge in [0.25, 0.3) is 0 Å². The van der Waals surface area contributed by atoms with Gasteiger partial charge in [0.1, 0.15) is 0 Å². The monoisotopic (exact) mass is 344 g/mol. The van der Waals surface area contributed by atoms with Crippen molar-refractivity contribution in [2.24, 2.45) is 5.84 Å². The molecule has 1 unspecified atom stereocenters. The zero-order chi connectivity index (χ0) is 13.7. The maximum Gasteiger partial charge on any atom is 0.0713 e. The Bertz CT molecular complexity index is 500. The van der Waals surface area contributed by atoms with Gasteiger partial charge in [-0.15, -0.1) is 0 Å². The number of nitrogens with one attached hydrogen (secondary N) is 1. The van der Waals surface area contributed by atoms with Gasteiger partial charge in [-0.3, -0.25) is 16.0 Å². The maximum atomic E-state index is 5.71. The average molecular weight is 345 g/mol. The van der Waals surface area contributed by atoms with Crippen molar-refractivity contribution in [1.82, 2.24) is 15.2 Å². The lowest BCUT2D eigenvalue weighted by molar-refractivity contribution is 0.181. The molecule has 5 nitrogen and oxygen atoms in total. The van der Waals surface area contributed by atoms with E-state index in [2.05, 4.69) is 43.3 Å². The molecule has 1 atom stereocenters. The Labute approximate surface area is 124 Å². The second kappa shape index (κ2) is 7.16. The van der Waals surface area contributed by atoms with E-state index in [1.165, 1.54) is 5.56 Å². The van der Waals surface area contributed by atoms with E-state index in [1.54, 1.807) is 24.6 Å². The summed E-state index contributed by atoms with van der Waals surface area (Å²) in [7, 11) is 1.68. The van der Waals surface area contributed by atoms with Gasteiger partial charge in [-0.2, -0.15) is 16.4 Å². The van der Waals surface area contributed by atoms with Crippen LogP contribution in [-0.4, -0.2) is 23.5 Å². The molecule has 0 aliphatic carbocycles. The smallest absolute Gasteiger partial charge is 0.0713 e. The zero-order valence-corrected chi connectivity index (χ0v) is 13.1. The van der Waals surface area contributed by atoms with Gasteiger partial charge in [0.05, 0.1) is 35.6 Å². The first kappa shape index (κ1) is 14.7. The molecule has 0 aliphatic rings. The molecule has 2 rings (SSSR count). The minimum Gasteiger partial charge on any atom is -0.383 e. The van der Waals surface area contributed by atoms with Crippen molar-refractivity contribution < 1.29 is 4.74 Å². The molecule has 19 heavy (non-hydrogen) atoms. The van der Waals surface area contributed by atoms with Crippen LogP contribution < -0.4 is 11.3 Å². The highest BCUT2D eigenvalue weighted by Gasteiger charge is 2.19. The van der Waals surface area contributed by atoms with Crippen molar-refractivity contribution in [1.29, 1.82) is 0 Å². The van der Waals surface area contributed by atoms with Crippen molar-refractivity contribution >= 4 is 27.3 Å². The van der Waals surface area contributed by atoms with Crippen molar-refractivity contribution in [2.75, 3.05) is 13.7 Å². The van der Waals surface area contributed by atoms with Gasteiger partial charge in [0.2, 0.25) is 0 Å². The Hall–Kier alpha value is -0.730. The second-order valence-corrected chi connectivity index (χ2v) is 5.78. The summed E-state index contributed by atoms with van der Waals surface area (Å²) in [6, 6.07) is 2.13. The molecule has 0 bridgehead atoms. The minimum atomic E-state index is 0.0170. The first-order valence-corrected chi connectivity index (χ1v) is 7.67. The van der Waals surface area contributed by atoms with Crippen molar-refractivity contribution in [3.63, 3.8) is 0 Å². The molecule has 0 saturated heterocycles. The van der Waals surface area contributed by atoms with Crippen LogP contribution in [0.4, 0.5) is 0 Å². The maximum absolute atomic E-state index is 5.71. The van der Waals surface area contributed by atoms with E-state index in [4.69, 9.17) is 10.6 Å². The van der Waals surface area contributed by atoms with E-state index in [-0.39, 0.29) is 6.04 Å². The van der Waals surface area contributed by atoms with Gasteiger partial charge in [0.15, 0.2) is 0 Å². The summed E-state index contributed by atoms with van der Waals surface area (Å²) in [5.41, 5.74) is 5.18. The van der Waals surface area contributed by atoms with Gasteiger partial charge in [-0.25, -0.2) is 0 Å². The Morgan fingerprint density at radius 1 is 1.63 bits per heavy atom. The lowest BCUT2D eigenvalue weighted by Crippen LogP contribution is -2.32. The standard InChI is InChI=1S/C12H17BrN4OS/c1-18-4-3-17-12(10(13)7-15-17)11(16-14)6-9-2-5-19-8-9/h2,5,7-8,11,16H,3-4,6,14H2,1H3. The fraction of sp³-hybridized carbons (Fsp3) is 0.417. The molecular weight excluding hydrogens is 328 g/mol. The molecule has 3 N–H and O–H groups in total. The van der Waals surface area contributed by atoms with E-state index in [9.17, 15) is 0 Å². The molecule has 0 saturated carbocycles. The van der Waals surface area contributed by atoms with Gasteiger partial charge in [0, 0.05) is 7.11 Å². The number of rotatable bonds is 7. The summed E-state index contributed by atoms with van der Waals surface area (Å²) in [5.74, 6) is 5.71. The molecule has 0 radical (unpaired) electrons. The number of thiophene rings is 1. The van der Waals surface area contributed by atoms with Gasteiger partial charge >= 0.3 is 0 Å². The van der Waals surface area contributed by atoms with Crippen LogP contribution >= 0.6 is 27.3 Å². The van der Waals surface area contributed by atoms with E-state index in [1.807, 2.05) is 4.68 Å². The molecule has 2 aromatic heterocycles. The van der Waals surface area contributed by atoms with Crippen LogP contribution in [0.3, 0.4) is 0 Å². The van der Waals surface area contributed by atoms with E-state index >= 15 is 0 Å². The van der Waals surface area contributed by atoms with Crippen LogP contribution in [0.2, 0.25) is 0 Å².